The number of non-ortho nitro benzene ring substituents is 1. The highest BCUT2D eigenvalue weighted by Gasteiger charge is 2.17. The molecule has 0 radical (unpaired) electrons. The fourth-order valence-corrected chi connectivity index (χ4v) is 3.76. The van der Waals surface area contributed by atoms with Gasteiger partial charge in [-0.05, 0) is 55.0 Å². The lowest BCUT2D eigenvalue weighted by Gasteiger charge is -2.12. The number of nitrogens with one attached hydrogen (secondary N) is 2. The van der Waals surface area contributed by atoms with E-state index in [-0.39, 0.29) is 17.1 Å². The van der Waals surface area contributed by atoms with Crippen molar-refractivity contribution in [2.75, 3.05) is 5.32 Å². The summed E-state index contributed by atoms with van der Waals surface area (Å²) < 4.78 is 37.3. The van der Waals surface area contributed by atoms with Crippen LogP contribution in [0, 0.1) is 10.1 Å². The second-order valence-corrected chi connectivity index (χ2v) is 8.95. The van der Waals surface area contributed by atoms with E-state index < -0.39 is 32.9 Å². The van der Waals surface area contributed by atoms with E-state index >= 15 is 0 Å². The minimum absolute atomic E-state index is 0.0127. The smallest absolute Gasteiger partial charge is 0.331 e. The van der Waals surface area contributed by atoms with Crippen LogP contribution in [0.1, 0.15) is 18.2 Å². The number of hydrogen-bond acceptors (Lipinski definition) is 8. The van der Waals surface area contributed by atoms with E-state index in [1.165, 1.54) is 67.8 Å². The molecule has 3 rings (SSSR count). The van der Waals surface area contributed by atoms with E-state index in [0.717, 1.165) is 6.08 Å². The van der Waals surface area contributed by atoms with Crippen molar-refractivity contribution in [1.29, 1.82) is 0 Å². The number of carbonyl (C=O) groups is 2. The Bertz CT molecular complexity index is 1320. The summed E-state index contributed by atoms with van der Waals surface area (Å²) in [5.41, 5.74) is 0.728. The molecule has 182 valence electrons. The van der Waals surface area contributed by atoms with Crippen molar-refractivity contribution >= 4 is 39.4 Å². The Balaban J connectivity index is 1.51. The lowest BCUT2D eigenvalue weighted by Crippen LogP contribution is -2.29. The number of rotatable bonds is 10. The van der Waals surface area contributed by atoms with Gasteiger partial charge >= 0.3 is 5.97 Å². The van der Waals surface area contributed by atoms with Crippen LogP contribution in [0.3, 0.4) is 0 Å². The van der Waals surface area contributed by atoms with Gasteiger partial charge < -0.3 is 14.5 Å². The van der Waals surface area contributed by atoms with Crippen molar-refractivity contribution < 1.29 is 32.1 Å². The summed E-state index contributed by atoms with van der Waals surface area (Å²) in [6.45, 7) is 1.39. The molecule has 0 aliphatic heterocycles. The number of nitrogens with zero attached hydrogens (tertiary/aromatic N) is 1. The number of ether oxygens (including phenoxy) is 1. The molecule has 1 atom stereocenters. The summed E-state index contributed by atoms with van der Waals surface area (Å²) in [5, 5.41) is 13.2. The summed E-state index contributed by atoms with van der Waals surface area (Å²) in [6.07, 6.45) is 2.83. The Kier molecular flexibility index (Phi) is 8.12. The zero-order valence-electron chi connectivity index (χ0n) is 18.4. The van der Waals surface area contributed by atoms with Crippen LogP contribution in [-0.2, 0) is 30.9 Å². The Labute approximate surface area is 200 Å². The number of esters is 1. The van der Waals surface area contributed by atoms with Crippen LogP contribution in [0.4, 0.5) is 11.4 Å². The molecular formula is C23H21N3O8S. The zero-order chi connectivity index (χ0) is 25.4. The second kappa shape index (κ2) is 11.2. The minimum atomic E-state index is -3.75. The summed E-state index contributed by atoms with van der Waals surface area (Å²) >= 11 is 0. The first kappa shape index (κ1) is 25.3. The van der Waals surface area contributed by atoms with E-state index in [9.17, 15) is 28.1 Å². The molecule has 2 N–H and O–H groups in total. The Morgan fingerprint density at radius 1 is 1.11 bits per heavy atom. The third kappa shape index (κ3) is 7.35. The fraction of sp³-hybridized carbons (Fsp3) is 0.130. The first-order valence-corrected chi connectivity index (χ1v) is 11.7. The number of carbonyl (C=O) groups excluding carboxylic acids is 2. The van der Waals surface area contributed by atoms with Crippen molar-refractivity contribution in [3.63, 3.8) is 0 Å². The molecule has 35 heavy (non-hydrogen) atoms. The van der Waals surface area contributed by atoms with Gasteiger partial charge in [0, 0.05) is 23.9 Å². The van der Waals surface area contributed by atoms with Crippen LogP contribution in [0.25, 0.3) is 6.08 Å². The van der Waals surface area contributed by atoms with Gasteiger partial charge in [0.2, 0.25) is 10.0 Å². The number of furan rings is 1. The first-order chi connectivity index (χ1) is 16.6. The maximum absolute atomic E-state index is 12.4. The Morgan fingerprint density at radius 2 is 1.80 bits per heavy atom. The molecule has 0 aliphatic carbocycles. The van der Waals surface area contributed by atoms with Gasteiger partial charge in [-0.1, -0.05) is 12.1 Å². The van der Waals surface area contributed by atoms with Crippen LogP contribution in [-0.4, -0.2) is 31.3 Å². The van der Waals surface area contributed by atoms with Gasteiger partial charge in [-0.2, -0.15) is 0 Å². The van der Waals surface area contributed by atoms with Gasteiger partial charge in [0.15, 0.2) is 6.10 Å². The van der Waals surface area contributed by atoms with E-state index in [2.05, 4.69) is 10.0 Å². The summed E-state index contributed by atoms with van der Waals surface area (Å²) in [5.74, 6) is -0.923. The summed E-state index contributed by atoms with van der Waals surface area (Å²) in [7, 11) is -3.75. The molecule has 1 unspecified atom stereocenters. The highest BCUT2D eigenvalue weighted by molar-refractivity contribution is 7.89. The third-order valence-electron chi connectivity index (χ3n) is 4.63. The van der Waals surface area contributed by atoms with E-state index in [1.807, 2.05) is 0 Å². The van der Waals surface area contributed by atoms with Crippen molar-refractivity contribution in [1.82, 2.24) is 4.72 Å². The highest BCUT2D eigenvalue weighted by atomic mass is 32.2. The first-order valence-electron chi connectivity index (χ1n) is 10.2. The number of nitro benzene ring substituents is 1. The van der Waals surface area contributed by atoms with E-state index in [0.29, 0.717) is 17.0 Å². The van der Waals surface area contributed by atoms with Crippen LogP contribution in [0.15, 0.2) is 82.3 Å². The number of benzene rings is 2. The van der Waals surface area contributed by atoms with Crippen LogP contribution in [0.2, 0.25) is 0 Å². The number of sulfonamides is 1. The quantitative estimate of drug-likeness (QED) is 0.186. The lowest BCUT2D eigenvalue weighted by atomic mass is 10.2. The van der Waals surface area contributed by atoms with Gasteiger partial charge in [-0.3, -0.25) is 14.9 Å². The normalized spacial score (nSPS) is 12.3. The van der Waals surface area contributed by atoms with Gasteiger partial charge in [0.1, 0.15) is 5.76 Å². The third-order valence-corrected chi connectivity index (χ3v) is 6.04. The maximum atomic E-state index is 12.4. The van der Waals surface area contributed by atoms with Crippen molar-refractivity contribution in [2.24, 2.45) is 0 Å². The number of amides is 1. The molecule has 0 saturated carbocycles. The van der Waals surface area contributed by atoms with E-state index in [4.69, 9.17) is 9.15 Å². The van der Waals surface area contributed by atoms with Crippen molar-refractivity contribution in [2.45, 2.75) is 24.5 Å². The predicted octanol–water partition coefficient (Wildman–Crippen LogP) is 3.25. The lowest BCUT2D eigenvalue weighted by molar-refractivity contribution is -0.384. The van der Waals surface area contributed by atoms with Crippen molar-refractivity contribution in [3.05, 3.63) is 94.4 Å². The molecule has 0 fully saturated rings. The zero-order valence-corrected chi connectivity index (χ0v) is 19.2. The summed E-state index contributed by atoms with van der Waals surface area (Å²) in [4.78, 5) is 34.4. The van der Waals surface area contributed by atoms with Crippen LogP contribution >= 0.6 is 0 Å². The molecule has 1 aromatic heterocycles. The van der Waals surface area contributed by atoms with Gasteiger partial charge in [0.25, 0.3) is 11.6 Å². The number of hydrogen-bond donors (Lipinski definition) is 2. The van der Waals surface area contributed by atoms with Gasteiger partial charge in [0.05, 0.1) is 22.6 Å². The molecule has 11 nitrogen and oxygen atoms in total. The van der Waals surface area contributed by atoms with Crippen LogP contribution in [0.5, 0.6) is 0 Å². The highest BCUT2D eigenvalue weighted by Crippen LogP contribution is 2.16. The molecule has 0 bridgehead atoms. The SMILES string of the molecule is CC(OC(=O)/C=C/c1ccc(S(=O)(=O)NCc2ccco2)cc1)C(=O)Nc1ccc([N+](=O)[O-])cc1. The monoisotopic (exact) mass is 499 g/mol. The fourth-order valence-electron chi connectivity index (χ4n) is 2.76. The maximum Gasteiger partial charge on any atom is 0.331 e. The molecule has 0 aliphatic rings. The molecule has 0 spiro atoms. The molecule has 1 amide bonds. The molecule has 3 aromatic rings. The van der Waals surface area contributed by atoms with Gasteiger partial charge in [-0.15, -0.1) is 0 Å². The standard InChI is InChI=1S/C23H21N3O8S/c1-16(23(28)25-18-7-9-19(10-8-18)26(29)30)34-22(27)13-6-17-4-11-21(12-5-17)35(31,32)24-15-20-3-2-14-33-20/h2-14,16,24H,15H2,1H3,(H,25,28)/b13-6+. The Hall–Kier alpha value is -4.29. The molecule has 12 heteroatoms. The molecule has 0 saturated heterocycles. The summed E-state index contributed by atoms with van der Waals surface area (Å²) in [6, 6.07) is 14.3. The Morgan fingerprint density at radius 3 is 2.40 bits per heavy atom. The van der Waals surface area contributed by atoms with Crippen molar-refractivity contribution in [3.8, 4) is 0 Å². The number of anilines is 1. The average molecular weight is 500 g/mol. The molecular weight excluding hydrogens is 478 g/mol. The predicted molar refractivity (Wildman–Crippen MR) is 125 cm³/mol. The largest absolute Gasteiger partial charge is 0.468 e. The van der Waals surface area contributed by atoms with E-state index in [1.54, 1.807) is 12.1 Å². The minimum Gasteiger partial charge on any atom is -0.468 e. The van der Waals surface area contributed by atoms with Gasteiger partial charge in [-0.25, -0.2) is 17.9 Å². The second-order valence-electron chi connectivity index (χ2n) is 7.18. The number of nitro groups is 1. The van der Waals surface area contributed by atoms with Crippen LogP contribution < -0.4 is 10.0 Å². The topological polar surface area (TPSA) is 158 Å². The molecule has 1 heterocycles. The molecule has 2 aromatic carbocycles. The average Bonchev–Trinajstić information content (AvgIpc) is 3.36.